The van der Waals surface area contributed by atoms with Crippen LogP contribution in [-0.4, -0.2) is 58.6 Å². The number of methoxy groups -OCH3 is 1. The second kappa shape index (κ2) is 10.1. The van der Waals surface area contributed by atoms with E-state index in [-0.39, 0.29) is 17.5 Å². The molecule has 3 aromatic rings. The van der Waals surface area contributed by atoms with Gasteiger partial charge < -0.3 is 14.4 Å². The Morgan fingerprint density at radius 1 is 1.10 bits per heavy atom. The molecule has 9 heteroatoms. The van der Waals surface area contributed by atoms with Crippen molar-refractivity contribution in [2.24, 2.45) is 0 Å². The summed E-state index contributed by atoms with van der Waals surface area (Å²) in [4.78, 5) is 14.1. The van der Waals surface area contributed by atoms with Crippen molar-refractivity contribution < 1.29 is 18.7 Å². The molecule has 0 unspecified atom stereocenters. The molecule has 158 valence electrons. The molecule has 1 aromatic heterocycles. The van der Waals surface area contributed by atoms with Crippen LogP contribution in [0, 0.1) is 12.7 Å². The number of amides is 1. The zero-order valence-corrected chi connectivity index (χ0v) is 17.9. The molecule has 0 saturated carbocycles. The third-order valence-corrected chi connectivity index (χ3v) is 5.30. The van der Waals surface area contributed by atoms with Gasteiger partial charge in [-0.05, 0) is 55.5 Å². The van der Waals surface area contributed by atoms with E-state index in [0.717, 1.165) is 17.3 Å². The molecule has 0 saturated heterocycles. The summed E-state index contributed by atoms with van der Waals surface area (Å²) in [5.74, 6) is 1.92. The van der Waals surface area contributed by atoms with Gasteiger partial charge in [0, 0.05) is 12.7 Å². The molecule has 0 aliphatic heterocycles. The van der Waals surface area contributed by atoms with Gasteiger partial charge in [-0.3, -0.25) is 9.36 Å². The van der Waals surface area contributed by atoms with E-state index in [1.165, 1.54) is 23.9 Å². The highest BCUT2D eigenvalue weighted by molar-refractivity contribution is 7.99. The van der Waals surface area contributed by atoms with Gasteiger partial charge in [0.2, 0.25) is 5.91 Å². The lowest BCUT2D eigenvalue weighted by Gasteiger charge is -2.17. The molecule has 0 aliphatic rings. The van der Waals surface area contributed by atoms with Crippen LogP contribution in [0.1, 0.15) is 5.82 Å². The minimum absolute atomic E-state index is 0.0513. The van der Waals surface area contributed by atoms with Crippen molar-refractivity contribution in [3.8, 4) is 17.2 Å². The first kappa shape index (κ1) is 21.6. The number of benzene rings is 2. The number of thioether (sulfide) groups is 1. The number of hydrogen-bond acceptors (Lipinski definition) is 6. The largest absolute Gasteiger partial charge is 0.497 e. The van der Waals surface area contributed by atoms with E-state index >= 15 is 0 Å². The summed E-state index contributed by atoms with van der Waals surface area (Å²) in [6.07, 6.45) is 0. The Kier molecular flexibility index (Phi) is 7.29. The minimum atomic E-state index is -0.315. The molecule has 1 heterocycles. The topological polar surface area (TPSA) is 69.5 Å². The van der Waals surface area contributed by atoms with E-state index in [4.69, 9.17) is 9.47 Å². The lowest BCUT2D eigenvalue weighted by atomic mass is 10.3. The van der Waals surface area contributed by atoms with Gasteiger partial charge in [0.05, 0.1) is 19.4 Å². The smallest absolute Gasteiger partial charge is 0.232 e. The van der Waals surface area contributed by atoms with Crippen LogP contribution in [0.25, 0.3) is 5.69 Å². The number of likely N-dealkylation sites (N-methyl/N-ethyl adjacent to an activating group) is 1. The van der Waals surface area contributed by atoms with Gasteiger partial charge in [-0.1, -0.05) is 11.8 Å². The second-order valence-electron chi connectivity index (χ2n) is 6.47. The predicted octanol–water partition coefficient (Wildman–Crippen LogP) is 3.35. The Hall–Kier alpha value is -3.07. The van der Waals surface area contributed by atoms with Gasteiger partial charge in [-0.2, -0.15) is 0 Å². The normalized spacial score (nSPS) is 10.7. The number of carbonyl (C=O) groups excluding carboxylic acids is 1. The first-order valence-electron chi connectivity index (χ1n) is 9.29. The summed E-state index contributed by atoms with van der Waals surface area (Å²) in [6, 6.07) is 13.3. The monoisotopic (exact) mass is 430 g/mol. The summed E-state index contributed by atoms with van der Waals surface area (Å²) in [6.45, 7) is 2.60. The Morgan fingerprint density at radius 3 is 2.43 bits per heavy atom. The van der Waals surface area contributed by atoms with Crippen LogP contribution in [0.3, 0.4) is 0 Å². The summed E-state index contributed by atoms with van der Waals surface area (Å²) in [7, 11) is 3.34. The molecule has 0 N–H and O–H groups in total. The van der Waals surface area contributed by atoms with Crippen LogP contribution in [0.4, 0.5) is 4.39 Å². The van der Waals surface area contributed by atoms with E-state index in [1.807, 2.05) is 35.8 Å². The lowest BCUT2D eigenvalue weighted by Crippen LogP contribution is -2.32. The highest BCUT2D eigenvalue weighted by Crippen LogP contribution is 2.23. The van der Waals surface area contributed by atoms with Crippen LogP contribution >= 0.6 is 11.8 Å². The zero-order chi connectivity index (χ0) is 21.5. The van der Waals surface area contributed by atoms with E-state index in [9.17, 15) is 9.18 Å². The third kappa shape index (κ3) is 5.50. The molecule has 0 aliphatic carbocycles. The van der Waals surface area contributed by atoms with E-state index in [2.05, 4.69) is 10.2 Å². The molecule has 2 aromatic carbocycles. The van der Waals surface area contributed by atoms with Crippen molar-refractivity contribution in [2.45, 2.75) is 12.1 Å². The fourth-order valence-electron chi connectivity index (χ4n) is 2.66. The molecule has 0 bridgehead atoms. The van der Waals surface area contributed by atoms with Crippen molar-refractivity contribution >= 4 is 17.7 Å². The molecule has 30 heavy (non-hydrogen) atoms. The average Bonchev–Trinajstić information content (AvgIpc) is 3.13. The quantitative estimate of drug-likeness (QED) is 0.485. The average molecular weight is 431 g/mol. The van der Waals surface area contributed by atoms with E-state index < -0.39 is 0 Å². The molecule has 0 atom stereocenters. The predicted molar refractivity (Wildman–Crippen MR) is 113 cm³/mol. The lowest BCUT2D eigenvalue weighted by molar-refractivity contribution is -0.127. The number of carbonyl (C=O) groups is 1. The molecular formula is C21H23FN4O3S. The fourth-order valence-corrected chi connectivity index (χ4v) is 3.60. The molecular weight excluding hydrogens is 407 g/mol. The highest BCUT2D eigenvalue weighted by Gasteiger charge is 2.15. The van der Waals surface area contributed by atoms with Gasteiger partial charge >= 0.3 is 0 Å². The molecule has 7 nitrogen and oxygen atoms in total. The highest BCUT2D eigenvalue weighted by atomic mass is 32.2. The second-order valence-corrected chi connectivity index (χ2v) is 7.41. The third-order valence-electron chi connectivity index (χ3n) is 4.39. The van der Waals surface area contributed by atoms with Crippen LogP contribution in [-0.2, 0) is 4.79 Å². The molecule has 0 spiro atoms. The standard InChI is InChI=1S/C21H23FN4O3S/c1-15-23-24-21(26(15)17-6-10-18(28-3)11-7-17)30-14-20(27)25(2)12-13-29-19-8-4-16(22)5-9-19/h4-11H,12-14H2,1-3H3. The molecule has 0 fully saturated rings. The van der Waals surface area contributed by atoms with Gasteiger partial charge in [0.25, 0.3) is 0 Å². The maximum Gasteiger partial charge on any atom is 0.232 e. The summed E-state index contributed by atoms with van der Waals surface area (Å²) < 4.78 is 25.5. The number of rotatable bonds is 9. The number of hydrogen-bond donors (Lipinski definition) is 0. The number of aryl methyl sites for hydroxylation is 1. The van der Waals surface area contributed by atoms with Gasteiger partial charge in [-0.25, -0.2) is 4.39 Å². The Balaban J connectivity index is 1.53. The van der Waals surface area contributed by atoms with E-state index in [0.29, 0.717) is 24.1 Å². The Morgan fingerprint density at radius 2 is 1.77 bits per heavy atom. The van der Waals surface area contributed by atoms with Gasteiger partial charge in [0.1, 0.15) is 29.7 Å². The Bertz CT molecular complexity index is 977. The van der Waals surface area contributed by atoms with Gasteiger partial charge in [-0.15, -0.1) is 10.2 Å². The van der Waals surface area contributed by atoms with Crippen molar-refractivity contribution in [3.63, 3.8) is 0 Å². The van der Waals surface area contributed by atoms with Crippen molar-refractivity contribution in [1.29, 1.82) is 0 Å². The number of aromatic nitrogens is 3. The number of ether oxygens (including phenoxy) is 2. The van der Waals surface area contributed by atoms with Crippen LogP contribution in [0.5, 0.6) is 11.5 Å². The van der Waals surface area contributed by atoms with Crippen molar-refractivity contribution in [3.05, 3.63) is 60.2 Å². The molecule has 3 rings (SSSR count). The number of nitrogens with zero attached hydrogens (tertiary/aromatic N) is 4. The SMILES string of the molecule is COc1ccc(-n2c(C)nnc2SCC(=O)N(C)CCOc2ccc(F)cc2)cc1. The minimum Gasteiger partial charge on any atom is -0.497 e. The van der Waals surface area contributed by atoms with Crippen LogP contribution in [0.15, 0.2) is 53.7 Å². The van der Waals surface area contributed by atoms with Crippen LogP contribution < -0.4 is 9.47 Å². The molecule has 1 amide bonds. The summed E-state index contributed by atoms with van der Waals surface area (Å²) >= 11 is 1.32. The Labute approximate surface area is 178 Å². The van der Waals surface area contributed by atoms with Crippen molar-refractivity contribution in [1.82, 2.24) is 19.7 Å². The fraction of sp³-hybridized carbons (Fsp3) is 0.286. The number of halogens is 1. The van der Waals surface area contributed by atoms with Gasteiger partial charge in [0.15, 0.2) is 5.16 Å². The summed E-state index contributed by atoms with van der Waals surface area (Å²) in [5, 5.41) is 8.97. The molecule has 0 radical (unpaired) electrons. The first-order valence-corrected chi connectivity index (χ1v) is 10.3. The summed E-state index contributed by atoms with van der Waals surface area (Å²) in [5.41, 5.74) is 0.898. The first-order chi connectivity index (χ1) is 14.5. The van der Waals surface area contributed by atoms with Crippen LogP contribution in [0.2, 0.25) is 0 Å². The van der Waals surface area contributed by atoms with E-state index in [1.54, 1.807) is 31.2 Å². The maximum absolute atomic E-state index is 12.9. The van der Waals surface area contributed by atoms with Crippen molar-refractivity contribution in [2.75, 3.05) is 33.1 Å². The maximum atomic E-state index is 12.9. The zero-order valence-electron chi connectivity index (χ0n) is 17.0.